The number of likely N-dealkylation sites (tertiary alicyclic amines) is 1. The molecular formula is C34H46N2O4. The molecular weight excluding hydrogens is 500 g/mol. The molecule has 216 valence electrons. The van der Waals surface area contributed by atoms with E-state index in [4.69, 9.17) is 9.47 Å². The summed E-state index contributed by atoms with van der Waals surface area (Å²) in [5.41, 5.74) is 4.12. The fourth-order valence-corrected chi connectivity index (χ4v) is 5.34. The third-order valence-electron chi connectivity index (χ3n) is 7.46. The van der Waals surface area contributed by atoms with Crippen LogP contribution in [0.25, 0.3) is 17.2 Å². The number of methoxy groups -OCH3 is 1. The molecule has 1 N–H and O–H groups in total. The molecule has 0 aliphatic carbocycles. The van der Waals surface area contributed by atoms with Gasteiger partial charge in [0.05, 0.1) is 32.4 Å². The van der Waals surface area contributed by atoms with Crippen LogP contribution in [0.2, 0.25) is 0 Å². The zero-order chi connectivity index (χ0) is 29.1. The second-order valence-electron chi connectivity index (χ2n) is 11.7. The molecule has 1 aliphatic heterocycles. The molecule has 0 saturated carbocycles. The van der Waals surface area contributed by atoms with Crippen LogP contribution in [-0.2, 0) is 20.9 Å². The van der Waals surface area contributed by atoms with Crippen molar-refractivity contribution in [1.29, 1.82) is 0 Å². The largest absolute Gasteiger partial charge is 0.453 e. The molecule has 3 atom stereocenters. The fraction of sp³-hybridized carbons (Fsp3) is 0.471. The van der Waals surface area contributed by atoms with Crippen molar-refractivity contribution < 1.29 is 19.1 Å². The van der Waals surface area contributed by atoms with Gasteiger partial charge >= 0.3 is 6.09 Å². The molecule has 6 nitrogen and oxygen atoms in total. The van der Waals surface area contributed by atoms with Gasteiger partial charge < -0.3 is 19.7 Å². The maximum Gasteiger partial charge on any atom is 0.409 e. The molecule has 0 spiro atoms. The minimum atomic E-state index is -0.419. The lowest BCUT2D eigenvalue weighted by Gasteiger charge is -2.32. The van der Waals surface area contributed by atoms with Gasteiger partial charge in [0.25, 0.3) is 0 Å². The van der Waals surface area contributed by atoms with Crippen LogP contribution >= 0.6 is 0 Å². The molecule has 0 radical (unpaired) electrons. The van der Waals surface area contributed by atoms with Gasteiger partial charge in [-0.15, -0.1) is 6.58 Å². The Kier molecular flexibility index (Phi) is 11.7. The first-order valence-corrected chi connectivity index (χ1v) is 14.3. The monoisotopic (exact) mass is 546 g/mol. The summed E-state index contributed by atoms with van der Waals surface area (Å²) >= 11 is 0. The summed E-state index contributed by atoms with van der Waals surface area (Å²) in [5.74, 6) is 0.116. The van der Waals surface area contributed by atoms with Gasteiger partial charge in [-0.25, -0.2) is 4.79 Å². The van der Waals surface area contributed by atoms with Crippen molar-refractivity contribution in [2.45, 2.75) is 77.7 Å². The molecule has 0 aromatic heterocycles. The molecule has 2 aromatic carbocycles. The zero-order valence-corrected chi connectivity index (χ0v) is 24.7. The van der Waals surface area contributed by atoms with Gasteiger partial charge in [0.15, 0.2) is 5.78 Å². The molecule has 1 heterocycles. The summed E-state index contributed by atoms with van der Waals surface area (Å²) in [6.07, 6.45) is 7.04. The van der Waals surface area contributed by atoms with E-state index < -0.39 is 6.09 Å². The van der Waals surface area contributed by atoms with E-state index in [1.165, 1.54) is 7.11 Å². The predicted octanol–water partition coefficient (Wildman–Crippen LogP) is 7.04. The van der Waals surface area contributed by atoms with Crippen LogP contribution in [0.1, 0.15) is 64.0 Å². The van der Waals surface area contributed by atoms with Crippen LogP contribution in [0.15, 0.2) is 67.8 Å². The molecule has 1 aliphatic rings. The molecule has 0 bridgehead atoms. The number of carbonyl (C=O) groups excluding carboxylic acids is 2. The lowest BCUT2D eigenvalue weighted by Crippen LogP contribution is -2.49. The lowest BCUT2D eigenvalue weighted by atomic mass is 9.82. The molecule has 1 unspecified atom stereocenters. The van der Waals surface area contributed by atoms with E-state index in [2.05, 4.69) is 63.5 Å². The van der Waals surface area contributed by atoms with Crippen molar-refractivity contribution in [2.75, 3.05) is 20.2 Å². The third kappa shape index (κ3) is 8.90. The maximum atomic E-state index is 13.5. The highest BCUT2D eigenvalue weighted by atomic mass is 16.5. The minimum absolute atomic E-state index is 0.116. The Morgan fingerprint density at radius 1 is 1.10 bits per heavy atom. The van der Waals surface area contributed by atoms with Crippen LogP contribution in [0, 0.1) is 5.41 Å². The van der Waals surface area contributed by atoms with Crippen molar-refractivity contribution in [3.05, 3.63) is 78.9 Å². The summed E-state index contributed by atoms with van der Waals surface area (Å²) in [4.78, 5) is 27.8. The maximum absolute atomic E-state index is 13.5. The van der Waals surface area contributed by atoms with E-state index in [-0.39, 0.29) is 35.8 Å². The number of rotatable bonds is 14. The number of hydrogen-bond donors (Lipinski definition) is 1. The Bertz CT molecular complexity index is 1150. The summed E-state index contributed by atoms with van der Waals surface area (Å²) in [5, 5.41) is 3.48. The second-order valence-corrected chi connectivity index (χ2v) is 11.7. The van der Waals surface area contributed by atoms with E-state index in [1.54, 1.807) is 4.90 Å². The Labute approximate surface area is 240 Å². The Hall–Kier alpha value is -3.22. The van der Waals surface area contributed by atoms with Crippen molar-refractivity contribution in [3.8, 4) is 11.1 Å². The van der Waals surface area contributed by atoms with Gasteiger partial charge in [-0.05, 0) is 72.0 Å². The normalized spacial score (nSPS) is 17.9. The minimum Gasteiger partial charge on any atom is -0.453 e. The van der Waals surface area contributed by atoms with Gasteiger partial charge in [0, 0.05) is 12.5 Å². The SMILES string of the molecule is C=CCCCCN[C@H](C(=O)CC1C[C@@H](OCc2cccc(-c3cccc(C=C)c3)c2)CN1C(=O)OC)C(C)(C)C. The third-order valence-corrected chi connectivity index (χ3v) is 7.46. The number of nitrogens with zero attached hydrogens (tertiary/aromatic N) is 1. The molecule has 1 amide bonds. The first kappa shape index (κ1) is 31.3. The molecule has 6 heteroatoms. The highest BCUT2D eigenvalue weighted by Crippen LogP contribution is 2.29. The first-order valence-electron chi connectivity index (χ1n) is 14.3. The quantitative estimate of drug-likeness (QED) is 0.203. The number of amides is 1. The Balaban J connectivity index is 1.64. The van der Waals surface area contributed by atoms with E-state index >= 15 is 0 Å². The average molecular weight is 547 g/mol. The zero-order valence-electron chi connectivity index (χ0n) is 24.7. The summed E-state index contributed by atoms with van der Waals surface area (Å²) in [7, 11) is 1.38. The van der Waals surface area contributed by atoms with Gasteiger partial charge in [-0.2, -0.15) is 0 Å². The Morgan fingerprint density at radius 2 is 1.82 bits per heavy atom. The highest BCUT2D eigenvalue weighted by Gasteiger charge is 2.40. The number of nitrogens with one attached hydrogen (secondary N) is 1. The molecule has 1 fully saturated rings. The fourth-order valence-electron chi connectivity index (χ4n) is 5.34. The first-order chi connectivity index (χ1) is 19.2. The second kappa shape index (κ2) is 15.0. The number of Topliss-reactive ketones (excluding diaryl/α,β-unsaturated/α-hetero) is 1. The van der Waals surface area contributed by atoms with Crippen LogP contribution in [-0.4, -0.2) is 55.2 Å². The topological polar surface area (TPSA) is 67.9 Å². The van der Waals surface area contributed by atoms with E-state index in [0.717, 1.165) is 48.1 Å². The van der Waals surface area contributed by atoms with Gasteiger partial charge in [0.1, 0.15) is 0 Å². The smallest absolute Gasteiger partial charge is 0.409 e. The standard InChI is InChI=1S/C34H46N2O4/c1-7-9-10-11-18-35-32(34(3,4)5)31(37)22-29-21-30(23-36(29)33(38)39-6)40-24-26-15-13-17-28(20-26)27-16-12-14-25(8-2)19-27/h7-8,12-17,19-20,29-30,32,35H,1-2,9-11,18,21-24H2,3-6H3/t29?,30-,32-/m1/s1. The summed E-state index contributed by atoms with van der Waals surface area (Å²) < 4.78 is 11.4. The van der Waals surface area contributed by atoms with Crippen LogP contribution in [0.3, 0.4) is 0 Å². The van der Waals surface area contributed by atoms with Crippen molar-refractivity contribution in [1.82, 2.24) is 10.2 Å². The average Bonchev–Trinajstić information content (AvgIpc) is 3.35. The van der Waals surface area contributed by atoms with Crippen molar-refractivity contribution >= 4 is 18.0 Å². The highest BCUT2D eigenvalue weighted by molar-refractivity contribution is 5.86. The van der Waals surface area contributed by atoms with Gasteiger partial charge in [-0.1, -0.05) is 75.9 Å². The predicted molar refractivity (Wildman–Crippen MR) is 163 cm³/mol. The van der Waals surface area contributed by atoms with Gasteiger partial charge in [-0.3, -0.25) is 4.79 Å². The van der Waals surface area contributed by atoms with Crippen molar-refractivity contribution in [2.24, 2.45) is 5.41 Å². The molecule has 40 heavy (non-hydrogen) atoms. The number of carbonyl (C=O) groups is 2. The number of benzene rings is 2. The van der Waals surface area contributed by atoms with E-state index in [1.807, 2.05) is 36.4 Å². The summed E-state index contributed by atoms with van der Waals surface area (Å²) in [6.45, 7) is 15.5. The molecule has 2 aromatic rings. The number of ketones is 1. The van der Waals surface area contributed by atoms with Crippen molar-refractivity contribution in [3.63, 3.8) is 0 Å². The number of allylic oxidation sites excluding steroid dienone is 1. The van der Waals surface area contributed by atoms with Gasteiger partial charge in [0.2, 0.25) is 0 Å². The molecule has 3 rings (SSSR count). The van der Waals surface area contributed by atoms with E-state index in [9.17, 15) is 9.59 Å². The van der Waals surface area contributed by atoms with E-state index in [0.29, 0.717) is 19.6 Å². The summed E-state index contributed by atoms with van der Waals surface area (Å²) in [6, 6.07) is 16.0. The number of hydrogen-bond acceptors (Lipinski definition) is 5. The molecule has 1 saturated heterocycles. The lowest BCUT2D eigenvalue weighted by molar-refractivity contribution is -0.124. The van der Waals surface area contributed by atoms with Crippen LogP contribution in [0.4, 0.5) is 4.79 Å². The van der Waals surface area contributed by atoms with Crippen LogP contribution in [0.5, 0.6) is 0 Å². The Morgan fingerprint density at radius 3 is 2.50 bits per heavy atom. The van der Waals surface area contributed by atoms with Crippen LogP contribution < -0.4 is 5.32 Å². The number of ether oxygens (including phenoxy) is 2. The number of unbranched alkanes of at least 4 members (excludes halogenated alkanes) is 2.